The number of para-hydroxylation sites is 2. The normalized spacial score (nSPS) is 10.2. The van der Waals surface area contributed by atoms with E-state index in [1.54, 1.807) is 49.7 Å². The van der Waals surface area contributed by atoms with Gasteiger partial charge in [-0.3, -0.25) is 4.79 Å². The van der Waals surface area contributed by atoms with E-state index >= 15 is 0 Å². The van der Waals surface area contributed by atoms with Crippen LogP contribution in [0.4, 0.5) is 15.9 Å². The first-order chi connectivity index (χ1) is 12.7. The molecular weight excluding hydrogens is 333 g/mol. The summed E-state index contributed by atoms with van der Waals surface area (Å²) in [6, 6.07) is 16.7. The Morgan fingerprint density at radius 3 is 2.65 bits per heavy atom. The van der Waals surface area contributed by atoms with Crippen molar-refractivity contribution in [3.8, 4) is 5.75 Å². The van der Waals surface area contributed by atoms with Crippen molar-refractivity contribution in [1.82, 2.24) is 4.98 Å². The van der Waals surface area contributed by atoms with Gasteiger partial charge in [0.25, 0.3) is 5.91 Å². The summed E-state index contributed by atoms with van der Waals surface area (Å²) in [5.74, 6) is 0.607. The highest BCUT2D eigenvalue weighted by Crippen LogP contribution is 2.23. The summed E-state index contributed by atoms with van der Waals surface area (Å²) in [6.45, 7) is 0.477. The summed E-state index contributed by atoms with van der Waals surface area (Å²) in [5, 5.41) is 5.95. The highest BCUT2D eigenvalue weighted by atomic mass is 19.1. The molecule has 0 aliphatic heterocycles. The van der Waals surface area contributed by atoms with E-state index in [0.717, 1.165) is 5.56 Å². The Hall–Kier alpha value is -3.41. The van der Waals surface area contributed by atoms with Gasteiger partial charge < -0.3 is 15.4 Å². The van der Waals surface area contributed by atoms with Gasteiger partial charge in [0.05, 0.1) is 12.8 Å². The van der Waals surface area contributed by atoms with E-state index in [2.05, 4.69) is 15.6 Å². The zero-order valence-corrected chi connectivity index (χ0v) is 14.2. The second-order valence-corrected chi connectivity index (χ2v) is 5.56. The number of rotatable bonds is 6. The Labute approximate surface area is 150 Å². The van der Waals surface area contributed by atoms with Crippen molar-refractivity contribution >= 4 is 17.4 Å². The number of aromatic nitrogens is 1. The first kappa shape index (κ1) is 17.4. The van der Waals surface area contributed by atoms with E-state index in [1.807, 2.05) is 12.1 Å². The maximum Gasteiger partial charge on any atom is 0.255 e. The van der Waals surface area contributed by atoms with Gasteiger partial charge in [-0.25, -0.2) is 9.37 Å². The van der Waals surface area contributed by atoms with Crippen molar-refractivity contribution in [3.63, 3.8) is 0 Å². The Morgan fingerprint density at radius 1 is 1.12 bits per heavy atom. The SMILES string of the molecule is COc1ccccc1NC(=O)c1ccnc(NCc2ccc(F)cc2)c1. The van der Waals surface area contributed by atoms with Gasteiger partial charge in [-0.2, -0.15) is 0 Å². The maximum atomic E-state index is 12.9. The highest BCUT2D eigenvalue weighted by molar-refractivity contribution is 6.05. The molecule has 0 fully saturated rings. The van der Waals surface area contributed by atoms with Crippen molar-refractivity contribution in [2.75, 3.05) is 17.7 Å². The Balaban J connectivity index is 1.68. The molecule has 0 radical (unpaired) electrons. The number of benzene rings is 2. The molecule has 132 valence electrons. The number of halogens is 1. The number of hydrogen-bond donors (Lipinski definition) is 2. The standard InChI is InChI=1S/C20H18FN3O2/c1-26-18-5-3-2-4-17(18)24-20(25)15-10-11-22-19(12-15)23-13-14-6-8-16(21)9-7-14/h2-12H,13H2,1H3,(H,22,23)(H,24,25). The molecule has 0 aliphatic carbocycles. The molecule has 3 aromatic rings. The zero-order chi connectivity index (χ0) is 18.4. The molecule has 3 rings (SSSR count). The van der Waals surface area contributed by atoms with Crippen molar-refractivity contribution in [2.45, 2.75) is 6.54 Å². The molecule has 0 saturated carbocycles. The van der Waals surface area contributed by atoms with Gasteiger partial charge in [-0.1, -0.05) is 24.3 Å². The van der Waals surface area contributed by atoms with Crippen LogP contribution in [-0.2, 0) is 6.54 Å². The molecule has 1 heterocycles. The zero-order valence-electron chi connectivity index (χ0n) is 14.2. The van der Waals surface area contributed by atoms with E-state index in [-0.39, 0.29) is 11.7 Å². The van der Waals surface area contributed by atoms with Gasteiger partial charge >= 0.3 is 0 Å². The fourth-order valence-electron chi connectivity index (χ4n) is 2.41. The molecule has 0 atom stereocenters. The van der Waals surface area contributed by atoms with E-state index in [4.69, 9.17) is 4.74 Å². The average molecular weight is 351 g/mol. The molecule has 5 nitrogen and oxygen atoms in total. The quantitative estimate of drug-likeness (QED) is 0.702. The van der Waals surface area contributed by atoms with Crippen LogP contribution in [0.1, 0.15) is 15.9 Å². The van der Waals surface area contributed by atoms with Crippen molar-refractivity contribution < 1.29 is 13.9 Å². The van der Waals surface area contributed by atoms with Crippen molar-refractivity contribution in [1.29, 1.82) is 0 Å². The second-order valence-electron chi connectivity index (χ2n) is 5.56. The van der Waals surface area contributed by atoms with E-state index < -0.39 is 0 Å². The van der Waals surface area contributed by atoms with E-state index in [1.165, 1.54) is 12.1 Å². The second kappa shape index (κ2) is 8.11. The number of pyridine rings is 1. The number of ether oxygens (including phenoxy) is 1. The lowest BCUT2D eigenvalue weighted by atomic mass is 10.2. The van der Waals surface area contributed by atoms with Crippen LogP contribution >= 0.6 is 0 Å². The number of nitrogens with one attached hydrogen (secondary N) is 2. The van der Waals surface area contributed by atoms with Crippen LogP contribution in [0.15, 0.2) is 66.9 Å². The molecule has 0 aliphatic rings. The minimum absolute atomic E-state index is 0.262. The summed E-state index contributed by atoms with van der Waals surface area (Å²) in [4.78, 5) is 16.7. The number of nitrogens with zero attached hydrogens (tertiary/aromatic N) is 1. The first-order valence-electron chi connectivity index (χ1n) is 8.04. The summed E-state index contributed by atoms with van der Waals surface area (Å²) in [7, 11) is 1.55. The minimum Gasteiger partial charge on any atom is -0.495 e. The number of hydrogen-bond acceptors (Lipinski definition) is 4. The van der Waals surface area contributed by atoms with Gasteiger partial charge in [-0.05, 0) is 42.0 Å². The number of anilines is 2. The molecule has 1 aromatic heterocycles. The van der Waals surface area contributed by atoms with Crippen LogP contribution < -0.4 is 15.4 Å². The molecule has 2 N–H and O–H groups in total. The summed E-state index contributed by atoms with van der Waals surface area (Å²) in [5.41, 5.74) is 1.97. The van der Waals surface area contributed by atoms with Crippen molar-refractivity contribution in [2.24, 2.45) is 0 Å². The van der Waals surface area contributed by atoms with Crippen LogP contribution in [0, 0.1) is 5.82 Å². The molecule has 2 aromatic carbocycles. The smallest absolute Gasteiger partial charge is 0.255 e. The lowest BCUT2D eigenvalue weighted by molar-refractivity contribution is 0.102. The van der Waals surface area contributed by atoms with Crippen molar-refractivity contribution in [3.05, 3.63) is 83.8 Å². The predicted octanol–water partition coefficient (Wildman–Crippen LogP) is 4.09. The fourth-order valence-corrected chi connectivity index (χ4v) is 2.41. The third-order valence-corrected chi connectivity index (χ3v) is 3.76. The van der Waals surface area contributed by atoms with Gasteiger partial charge in [-0.15, -0.1) is 0 Å². The van der Waals surface area contributed by atoms with Crippen LogP contribution in [0.3, 0.4) is 0 Å². The Bertz CT molecular complexity index is 898. The van der Waals surface area contributed by atoms with Gasteiger partial charge in [0.15, 0.2) is 0 Å². The number of carbonyl (C=O) groups excluding carboxylic acids is 1. The van der Waals surface area contributed by atoms with Crippen LogP contribution in [0.5, 0.6) is 5.75 Å². The number of amides is 1. The molecule has 0 saturated heterocycles. The first-order valence-corrected chi connectivity index (χ1v) is 8.04. The topological polar surface area (TPSA) is 63.2 Å². The molecule has 0 bridgehead atoms. The lowest BCUT2D eigenvalue weighted by Gasteiger charge is -2.11. The molecule has 0 spiro atoms. The largest absolute Gasteiger partial charge is 0.495 e. The molecule has 26 heavy (non-hydrogen) atoms. The van der Waals surface area contributed by atoms with Crippen LogP contribution in [0.2, 0.25) is 0 Å². The number of methoxy groups -OCH3 is 1. The number of carbonyl (C=O) groups is 1. The average Bonchev–Trinajstić information content (AvgIpc) is 2.68. The Morgan fingerprint density at radius 2 is 1.88 bits per heavy atom. The van der Waals surface area contributed by atoms with E-state index in [0.29, 0.717) is 29.4 Å². The molecule has 1 amide bonds. The van der Waals surface area contributed by atoms with Crippen LogP contribution in [-0.4, -0.2) is 18.0 Å². The molecule has 0 unspecified atom stereocenters. The van der Waals surface area contributed by atoms with Gasteiger partial charge in [0.1, 0.15) is 17.4 Å². The minimum atomic E-state index is -0.276. The van der Waals surface area contributed by atoms with Gasteiger partial charge in [0.2, 0.25) is 0 Å². The summed E-state index contributed by atoms with van der Waals surface area (Å²) in [6.07, 6.45) is 1.56. The van der Waals surface area contributed by atoms with Crippen LogP contribution in [0.25, 0.3) is 0 Å². The maximum absolute atomic E-state index is 12.9. The molecular formula is C20H18FN3O2. The highest BCUT2D eigenvalue weighted by Gasteiger charge is 2.10. The molecule has 6 heteroatoms. The fraction of sp³-hybridized carbons (Fsp3) is 0.100. The predicted molar refractivity (Wildman–Crippen MR) is 98.9 cm³/mol. The third kappa shape index (κ3) is 4.36. The Kier molecular flexibility index (Phi) is 5.43. The van der Waals surface area contributed by atoms with Gasteiger partial charge in [0, 0.05) is 18.3 Å². The monoisotopic (exact) mass is 351 g/mol. The van der Waals surface area contributed by atoms with E-state index in [9.17, 15) is 9.18 Å². The summed E-state index contributed by atoms with van der Waals surface area (Å²) < 4.78 is 18.2. The lowest BCUT2D eigenvalue weighted by Crippen LogP contribution is -2.13. The third-order valence-electron chi connectivity index (χ3n) is 3.76. The summed E-state index contributed by atoms with van der Waals surface area (Å²) >= 11 is 0.